The summed E-state index contributed by atoms with van der Waals surface area (Å²) >= 11 is 6.13. The highest BCUT2D eigenvalue weighted by Crippen LogP contribution is 2.35. The number of hydrogen-bond acceptors (Lipinski definition) is 2. The van der Waals surface area contributed by atoms with E-state index in [4.69, 9.17) is 16.9 Å². The molecule has 0 atom stereocenters. The second-order valence-electron chi connectivity index (χ2n) is 4.41. The van der Waals surface area contributed by atoms with Crippen molar-refractivity contribution in [2.75, 3.05) is 0 Å². The smallest absolute Gasteiger partial charge is 0.147 e. The molecule has 1 aromatic carbocycles. The summed E-state index contributed by atoms with van der Waals surface area (Å²) in [5.41, 5.74) is 4.86. The van der Waals surface area contributed by atoms with Gasteiger partial charge < -0.3 is 0 Å². The third kappa shape index (κ3) is 1.68. The number of hydrogen-bond donors (Lipinski definition) is 0. The molecule has 0 N–H and O–H groups in total. The molecule has 1 heterocycles. The van der Waals surface area contributed by atoms with Gasteiger partial charge >= 0.3 is 0 Å². The van der Waals surface area contributed by atoms with Crippen LogP contribution in [0.25, 0.3) is 11.3 Å². The lowest BCUT2D eigenvalue weighted by Crippen LogP contribution is -1.98. The van der Waals surface area contributed by atoms with E-state index in [1.54, 1.807) is 0 Å². The molecule has 2 nitrogen and oxygen atoms in total. The van der Waals surface area contributed by atoms with Gasteiger partial charge in [0.05, 0.1) is 11.3 Å². The number of rotatable bonds is 1. The average molecular weight is 255 g/mol. The van der Waals surface area contributed by atoms with Crippen LogP contribution in [0.2, 0.25) is 5.15 Å². The number of aromatic nitrogens is 1. The topological polar surface area (TPSA) is 36.7 Å². The fraction of sp³-hybridized carbons (Fsp3) is 0.200. The molecule has 0 unspecified atom stereocenters. The first kappa shape index (κ1) is 11.3. The number of benzene rings is 1. The van der Waals surface area contributed by atoms with Gasteiger partial charge in [-0.3, -0.25) is 0 Å². The molecule has 0 amide bonds. The molecule has 0 saturated carbocycles. The molecule has 0 fully saturated rings. The summed E-state index contributed by atoms with van der Waals surface area (Å²) in [5.74, 6) is 0. The summed E-state index contributed by atoms with van der Waals surface area (Å²) in [7, 11) is 0. The lowest BCUT2D eigenvalue weighted by atomic mass is 10.00. The Morgan fingerprint density at radius 1 is 1.11 bits per heavy atom. The summed E-state index contributed by atoms with van der Waals surface area (Å²) in [5, 5.41) is 9.50. The Bertz CT molecular complexity index is 642. The third-order valence-corrected chi connectivity index (χ3v) is 3.65. The monoisotopic (exact) mass is 254 g/mol. The minimum Gasteiger partial charge on any atom is -0.234 e. The highest BCUT2D eigenvalue weighted by Gasteiger charge is 2.23. The van der Waals surface area contributed by atoms with Crippen molar-refractivity contribution in [1.82, 2.24) is 4.98 Å². The zero-order chi connectivity index (χ0) is 12.5. The molecule has 2 aromatic rings. The van der Waals surface area contributed by atoms with Crippen molar-refractivity contribution in [2.45, 2.75) is 19.3 Å². The van der Waals surface area contributed by atoms with Gasteiger partial charge in [-0.1, -0.05) is 41.9 Å². The van der Waals surface area contributed by atoms with Crippen molar-refractivity contribution in [1.29, 1.82) is 5.26 Å². The van der Waals surface area contributed by atoms with E-state index in [9.17, 15) is 0 Å². The maximum atomic E-state index is 9.17. The Morgan fingerprint density at radius 2 is 1.83 bits per heavy atom. The lowest BCUT2D eigenvalue weighted by Gasteiger charge is -2.10. The van der Waals surface area contributed by atoms with E-state index in [-0.39, 0.29) is 0 Å². The van der Waals surface area contributed by atoms with Crippen molar-refractivity contribution in [3.8, 4) is 17.3 Å². The Morgan fingerprint density at radius 3 is 2.56 bits per heavy atom. The molecule has 0 spiro atoms. The van der Waals surface area contributed by atoms with E-state index in [0.29, 0.717) is 10.7 Å². The minimum atomic E-state index is 0.331. The van der Waals surface area contributed by atoms with E-state index < -0.39 is 0 Å². The van der Waals surface area contributed by atoms with E-state index in [0.717, 1.165) is 36.1 Å². The number of nitriles is 1. The van der Waals surface area contributed by atoms with Gasteiger partial charge in [0.2, 0.25) is 0 Å². The first-order valence-corrected chi connectivity index (χ1v) is 6.36. The normalized spacial score (nSPS) is 13.1. The zero-order valence-corrected chi connectivity index (χ0v) is 10.5. The summed E-state index contributed by atoms with van der Waals surface area (Å²) in [6, 6.07) is 12.2. The van der Waals surface area contributed by atoms with Crippen molar-refractivity contribution < 1.29 is 0 Å². The second kappa shape index (κ2) is 4.44. The Labute approximate surface area is 111 Å². The molecular weight excluding hydrogens is 244 g/mol. The van der Waals surface area contributed by atoms with Crippen LogP contribution in [0.4, 0.5) is 0 Å². The first-order valence-electron chi connectivity index (χ1n) is 5.98. The molecule has 0 bridgehead atoms. The third-order valence-electron chi connectivity index (χ3n) is 3.38. The molecule has 1 aromatic heterocycles. The molecule has 18 heavy (non-hydrogen) atoms. The van der Waals surface area contributed by atoms with Crippen LogP contribution >= 0.6 is 11.6 Å². The number of nitrogens with zero attached hydrogens (tertiary/aromatic N) is 2. The molecule has 1 aliphatic carbocycles. The predicted octanol–water partition coefficient (Wildman–Crippen LogP) is 3.76. The van der Waals surface area contributed by atoms with Crippen LogP contribution < -0.4 is 0 Å². The summed E-state index contributed by atoms with van der Waals surface area (Å²) in [4.78, 5) is 4.43. The first-order chi connectivity index (χ1) is 8.81. The van der Waals surface area contributed by atoms with Gasteiger partial charge in [0, 0.05) is 5.56 Å². The molecule has 3 rings (SSSR count). The molecule has 3 heteroatoms. The molecule has 1 aliphatic rings. The van der Waals surface area contributed by atoms with Crippen LogP contribution in [0.3, 0.4) is 0 Å². The van der Waals surface area contributed by atoms with Crippen molar-refractivity contribution in [3.63, 3.8) is 0 Å². The Kier molecular flexibility index (Phi) is 2.77. The van der Waals surface area contributed by atoms with Crippen LogP contribution in [-0.2, 0) is 12.8 Å². The molecular formula is C15H11ClN2. The van der Waals surface area contributed by atoms with Crippen LogP contribution in [0.5, 0.6) is 0 Å². The number of halogens is 1. The zero-order valence-electron chi connectivity index (χ0n) is 9.78. The van der Waals surface area contributed by atoms with Crippen molar-refractivity contribution >= 4 is 11.6 Å². The van der Waals surface area contributed by atoms with Gasteiger partial charge in [-0.05, 0) is 30.4 Å². The highest BCUT2D eigenvalue weighted by molar-refractivity contribution is 6.30. The Hall–Kier alpha value is -1.85. The fourth-order valence-corrected chi connectivity index (χ4v) is 2.82. The van der Waals surface area contributed by atoms with Gasteiger partial charge in [0.1, 0.15) is 11.2 Å². The maximum absolute atomic E-state index is 9.17. The van der Waals surface area contributed by atoms with E-state index in [2.05, 4.69) is 11.1 Å². The average Bonchev–Trinajstić information content (AvgIpc) is 2.88. The standard InChI is InChI=1S/C15H11ClN2/c16-15-13(9-17)11-7-4-8-12(11)14(18-15)10-5-2-1-3-6-10/h1-3,5-6H,4,7-8H2. The van der Waals surface area contributed by atoms with Gasteiger partial charge in [0.25, 0.3) is 0 Å². The summed E-state index contributed by atoms with van der Waals surface area (Å²) < 4.78 is 0. The quantitative estimate of drug-likeness (QED) is 0.727. The fourth-order valence-electron chi connectivity index (χ4n) is 2.58. The van der Waals surface area contributed by atoms with Gasteiger partial charge in [-0.15, -0.1) is 0 Å². The van der Waals surface area contributed by atoms with Crippen LogP contribution in [0.15, 0.2) is 30.3 Å². The predicted molar refractivity (Wildman–Crippen MR) is 71.4 cm³/mol. The van der Waals surface area contributed by atoms with Crippen LogP contribution in [0, 0.1) is 11.3 Å². The molecule has 0 aliphatic heterocycles. The number of fused-ring (bicyclic) bond motifs is 1. The summed E-state index contributed by atoms with van der Waals surface area (Å²) in [6.45, 7) is 0. The largest absolute Gasteiger partial charge is 0.234 e. The van der Waals surface area contributed by atoms with E-state index in [1.165, 1.54) is 5.56 Å². The SMILES string of the molecule is N#Cc1c(Cl)nc(-c2ccccc2)c2c1CCC2. The maximum Gasteiger partial charge on any atom is 0.147 e. The van der Waals surface area contributed by atoms with Gasteiger partial charge in [-0.2, -0.15) is 5.26 Å². The van der Waals surface area contributed by atoms with E-state index in [1.807, 2.05) is 30.3 Å². The van der Waals surface area contributed by atoms with Crippen LogP contribution in [0.1, 0.15) is 23.1 Å². The van der Waals surface area contributed by atoms with Gasteiger partial charge in [0.15, 0.2) is 0 Å². The Balaban J connectivity index is 2.28. The highest BCUT2D eigenvalue weighted by atomic mass is 35.5. The van der Waals surface area contributed by atoms with E-state index >= 15 is 0 Å². The summed E-state index contributed by atoms with van der Waals surface area (Å²) in [6.07, 6.45) is 2.99. The molecule has 0 saturated heterocycles. The number of pyridine rings is 1. The molecule has 0 radical (unpaired) electrons. The molecule has 88 valence electrons. The van der Waals surface area contributed by atoms with Gasteiger partial charge in [-0.25, -0.2) is 4.98 Å². The van der Waals surface area contributed by atoms with Crippen molar-refractivity contribution in [3.05, 3.63) is 52.2 Å². The van der Waals surface area contributed by atoms with Crippen molar-refractivity contribution in [2.24, 2.45) is 0 Å². The minimum absolute atomic E-state index is 0.331. The van der Waals surface area contributed by atoms with Crippen LogP contribution in [-0.4, -0.2) is 4.98 Å². The lowest BCUT2D eigenvalue weighted by molar-refractivity contribution is 0.911. The second-order valence-corrected chi connectivity index (χ2v) is 4.77.